The highest BCUT2D eigenvalue weighted by atomic mass is 32.1. The quantitative estimate of drug-likeness (QED) is 0.778. The topological polar surface area (TPSA) is 12.0 Å². The maximum absolute atomic E-state index is 3.72. The van der Waals surface area contributed by atoms with Gasteiger partial charge in [0.15, 0.2) is 0 Å². The molecular formula is C14H23NS. The first kappa shape index (κ1) is 12.1. The van der Waals surface area contributed by atoms with Crippen molar-refractivity contribution in [2.75, 3.05) is 6.54 Å². The van der Waals surface area contributed by atoms with E-state index in [1.807, 2.05) is 11.3 Å². The van der Waals surface area contributed by atoms with Crippen LogP contribution in [0.4, 0.5) is 0 Å². The molecule has 2 heteroatoms. The SMILES string of the molecule is CCCNC(CC1CCC1)c1ccsc1C. The van der Waals surface area contributed by atoms with Gasteiger partial charge in [-0.1, -0.05) is 26.2 Å². The lowest BCUT2D eigenvalue weighted by Crippen LogP contribution is -2.26. The van der Waals surface area contributed by atoms with Gasteiger partial charge in [0.05, 0.1) is 0 Å². The fraction of sp³-hybridized carbons (Fsp3) is 0.714. The van der Waals surface area contributed by atoms with Crippen LogP contribution in [0.5, 0.6) is 0 Å². The number of aryl methyl sites for hydroxylation is 1. The molecule has 0 aromatic carbocycles. The third-order valence-electron chi connectivity index (χ3n) is 3.71. The molecule has 1 saturated carbocycles. The Bertz CT molecular complexity index is 314. The second-order valence-electron chi connectivity index (χ2n) is 4.97. The molecule has 2 rings (SSSR count). The van der Waals surface area contributed by atoms with Crippen LogP contribution in [0.15, 0.2) is 11.4 Å². The minimum absolute atomic E-state index is 0.608. The summed E-state index contributed by atoms with van der Waals surface area (Å²) >= 11 is 1.88. The van der Waals surface area contributed by atoms with E-state index in [1.54, 1.807) is 5.56 Å². The fourth-order valence-electron chi connectivity index (χ4n) is 2.46. The molecule has 1 aliphatic carbocycles. The van der Waals surface area contributed by atoms with Crippen LogP contribution < -0.4 is 5.32 Å². The van der Waals surface area contributed by atoms with Gasteiger partial charge in [-0.05, 0) is 49.2 Å². The third-order valence-corrected chi connectivity index (χ3v) is 4.57. The lowest BCUT2D eigenvalue weighted by atomic mass is 9.79. The Hall–Kier alpha value is -0.340. The highest BCUT2D eigenvalue weighted by Crippen LogP contribution is 2.36. The molecule has 1 aromatic heterocycles. The standard InChI is InChI=1S/C14H23NS/c1-3-8-15-14(10-12-5-4-6-12)13-7-9-16-11(13)2/h7,9,12,14-15H,3-6,8,10H2,1-2H3. The van der Waals surface area contributed by atoms with Crippen LogP contribution in [-0.4, -0.2) is 6.54 Å². The summed E-state index contributed by atoms with van der Waals surface area (Å²) in [5.41, 5.74) is 1.55. The molecule has 1 fully saturated rings. The molecule has 1 atom stereocenters. The van der Waals surface area contributed by atoms with Crippen molar-refractivity contribution in [1.82, 2.24) is 5.32 Å². The molecule has 0 amide bonds. The van der Waals surface area contributed by atoms with Crippen LogP contribution >= 0.6 is 11.3 Å². The largest absolute Gasteiger partial charge is 0.310 e. The van der Waals surface area contributed by atoms with E-state index >= 15 is 0 Å². The van der Waals surface area contributed by atoms with Crippen LogP contribution in [0.2, 0.25) is 0 Å². The van der Waals surface area contributed by atoms with Crippen LogP contribution in [0.25, 0.3) is 0 Å². The first-order chi connectivity index (χ1) is 7.81. The van der Waals surface area contributed by atoms with E-state index in [1.165, 1.54) is 37.0 Å². The summed E-state index contributed by atoms with van der Waals surface area (Å²) in [4.78, 5) is 1.49. The number of rotatable bonds is 6. The molecular weight excluding hydrogens is 214 g/mol. The lowest BCUT2D eigenvalue weighted by molar-refractivity contribution is 0.261. The van der Waals surface area contributed by atoms with E-state index in [2.05, 4.69) is 30.6 Å². The van der Waals surface area contributed by atoms with Gasteiger partial charge in [0.2, 0.25) is 0 Å². The minimum Gasteiger partial charge on any atom is -0.310 e. The molecule has 0 spiro atoms. The maximum Gasteiger partial charge on any atom is 0.0333 e. The molecule has 0 saturated heterocycles. The smallest absolute Gasteiger partial charge is 0.0333 e. The number of nitrogens with one attached hydrogen (secondary N) is 1. The first-order valence-electron chi connectivity index (χ1n) is 6.58. The van der Waals surface area contributed by atoms with Crippen molar-refractivity contribution in [2.24, 2.45) is 5.92 Å². The number of thiophene rings is 1. The lowest BCUT2D eigenvalue weighted by Gasteiger charge is -2.30. The van der Waals surface area contributed by atoms with Crippen molar-refractivity contribution >= 4 is 11.3 Å². The Labute approximate surface area is 103 Å². The van der Waals surface area contributed by atoms with Crippen molar-refractivity contribution in [1.29, 1.82) is 0 Å². The van der Waals surface area contributed by atoms with Crippen LogP contribution in [0, 0.1) is 12.8 Å². The zero-order valence-electron chi connectivity index (χ0n) is 10.5. The van der Waals surface area contributed by atoms with Gasteiger partial charge in [0, 0.05) is 10.9 Å². The summed E-state index contributed by atoms with van der Waals surface area (Å²) in [6, 6.07) is 2.92. The summed E-state index contributed by atoms with van der Waals surface area (Å²) in [6.07, 6.45) is 6.93. The summed E-state index contributed by atoms with van der Waals surface area (Å²) in [6.45, 7) is 5.64. The molecule has 1 heterocycles. The Morgan fingerprint density at radius 3 is 2.81 bits per heavy atom. The Morgan fingerprint density at radius 1 is 1.50 bits per heavy atom. The average Bonchev–Trinajstić information content (AvgIpc) is 2.62. The van der Waals surface area contributed by atoms with Gasteiger partial charge in [-0.3, -0.25) is 0 Å². The van der Waals surface area contributed by atoms with Gasteiger partial charge >= 0.3 is 0 Å². The second-order valence-corrected chi connectivity index (χ2v) is 6.09. The van der Waals surface area contributed by atoms with E-state index < -0.39 is 0 Å². The van der Waals surface area contributed by atoms with E-state index in [4.69, 9.17) is 0 Å². The minimum atomic E-state index is 0.608. The Balaban J connectivity index is 1.98. The monoisotopic (exact) mass is 237 g/mol. The predicted octanol–water partition coefficient (Wildman–Crippen LogP) is 4.29. The van der Waals surface area contributed by atoms with E-state index in [0.29, 0.717) is 6.04 Å². The Morgan fingerprint density at radius 2 is 2.31 bits per heavy atom. The molecule has 0 aliphatic heterocycles. The van der Waals surface area contributed by atoms with E-state index in [-0.39, 0.29) is 0 Å². The predicted molar refractivity (Wildman–Crippen MR) is 72.0 cm³/mol. The van der Waals surface area contributed by atoms with Crippen LogP contribution in [0.3, 0.4) is 0 Å². The molecule has 90 valence electrons. The van der Waals surface area contributed by atoms with Crippen molar-refractivity contribution in [2.45, 2.75) is 52.0 Å². The molecule has 1 unspecified atom stereocenters. The number of hydrogen-bond donors (Lipinski definition) is 1. The second kappa shape index (κ2) is 5.83. The average molecular weight is 237 g/mol. The van der Waals surface area contributed by atoms with Gasteiger partial charge in [-0.2, -0.15) is 0 Å². The van der Waals surface area contributed by atoms with Crippen LogP contribution in [0.1, 0.15) is 55.5 Å². The molecule has 0 bridgehead atoms. The summed E-state index contributed by atoms with van der Waals surface area (Å²) in [5.74, 6) is 0.980. The molecule has 1 aromatic rings. The number of hydrogen-bond acceptors (Lipinski definition) is 2. The fourth-order valence-corrected chi connectivity index (χ4v) is 3.22. The van der Waals surface area contributed by atoms with Crippen molar-refractivity contribution in [3.63, 3.8) is 0 Å². The molecule has 16 heavy (non-hydrogen) atoms. The van der Waals surface area contributed by atoms with Crippen molar-refractivity contribution < 1.29 is 0 Å². The summed E-state index contributed by atoms with van der Waals surface area (Å²) in [5, 5.41) is 5.95. The Kier molecular flexibility index (Phi) is 4.42. The third kappa shape index (κ3) is 2.86. The van der Waals surface area contributed by atoms with Crippen molar-refractivity contribution in [3.8, 4) is 0 Å². The van der Waals surface area contributed by atoms with Gasteiger partial charge in [0.1, 0.15) is 0 Å². The van der Waals surface area contributed by atoms with E-state index in [9.17, 15) is 0 Å². The van der Waals surface area contributed by atoms with E-state index in [0.717, 1.165) is 12.5 Å². The van der Waals surface area contributed by atoms with Gasteiger partial charge < -0.3 is 5.32 Å². The van der Waals surface area contributed by atoms with Crippen molar-refractivity contribution in [3.05, 3.63) is 21.9 Å². The first-order valence-corrected chi connectivity index (χ1v) is 7.46. The van der Waals surface area contributed by atoms with Gasteiger partial charge in [-0.25, -0.2) is 0 Å². The zero-order chi connectivity index (χ0) is 11.4. The highest BCUT2D eigenvalue weighted by molar-refractivity contribution is 7.10. The van der Waals surface area contributed by atoms with Crippen LogP contribution in [-0.2, 0) is 0 Å². The van der Waals surface area contributed by atoms with Gasteiger partial charge in [0.25, 0.3) is 0 Å². The zero-order valence-corrected chi connectivity index (χ0v) is 11.3. The highest BCUT2D eigenvalue weighted by Gasteiger charge is 2.23. The summed E-state index contributed by atoms with van der Waals surface area (Å²) < 4.78 is 0. The summed E-state index contributed by atoms with van der Waals surface area (Å²) in [7, 11) is 0. The molecule has 0 radical (unpaired) electrons. The van der Waals surface area contributed by atoms with Gasteiger partial charge in [-0.15, -0.1) is 11.3 Å². The maximum atomic E-state index is 3.72. The molecule has 1 nitrogen and oxygen atoms in total. The normalized spacial score (nSPS) is 18.4. The molecule has 1 N–H and O–H groups in total. The molecule has 1 aliphatic rings.